The lowest BCUT2D eigenvalue weighted by atomic mass is 10.1. The number of nitrogens with zero attached hydrogens (tertiary/aromatic N) is 1. The average Bonchev–Trinajstić information content (AvgIpc) is 2.99. The van der Waals surface area contributed by atoms with E-state index in [1.807, 2.05) is 0 Å². The Balaban J connectivity index is 2.48. The monoisotopic (exact) mass is 363 g/mol. The minimum atomic E-state index is -4.08. The number of piperidine rings is 1. The molecule has 0 amide bonds. The third kappa shape index (κ3) is 3.33. The first-order valence-electron chi connectivity index (χ1n) is 6.83. The summed E-state index contributed by atoms with van der Waals surface area (Å²) in [6, 6.07) is 0.172. The van der Waals surface area contributed by atoms with E-state index < -0.39 is 28.0 Å². The number of sulfonamides is 1. The maximum Gasteiger partial charge on any atom is 0.348 e. The van der Waals surface area contributed by atoms with Crippen LogP contribution < -0.4 is 4.74 Å². The highest BCUT2D eigenvalue weighted by Crippen LogP contribution is 2.37. The van der Waals surface area contributed by atoms with Crippen molar-refractivity contribution in [2.24, 2.45) is 0 Å². The molecule has 0 bridgehead atoms. The summed E-state index contributed by atoms with van der Waals surface area (Å²) < 4.78 is 36.1. The SMILES string of the molecule is COC(=O)c1cc(OC)c(S(=O)(=O)N2CCCCC2C(=O)O)s1. The quantitative estimate of drug-likeness (QED) is 0.782. The number of carbonyl (C=O) groups is 2. The Morgan fingerprint density at radius 2 is 2.04 bits per heavy atom. The average molecular weight is 363 g/mol. The molecule has 0 aliphatic carbocycles. The third-order valence-electron chi connectivity index (χ3n) is 3.55. The molecule has 0 spiro atoms. The molecule has 0 radical (unpaired) electrons. The number of ether oxygens (including phenoxy) is 2. The van der Waals surface area contributed by atoms with Gasteiger partial charge in [-0.25, -0.2) is 13.2 Å². The van der Waals surface area contributed by atoms with E-state index in [-0.39, 0.29) is 27.8 Å². The van der Waals surface area contributed by atoms with Gasteiger partial charge in [-0.3, -0.25) is 4.79 Å². The minimum absolute atomic E-state index is 0.00473. The van der Waals surface area contributed by atoms with Gasteiger partial charge in [0.05, 0.1) is 14.2 Å². The number of hydrogen-bond acceptors (Lipinski definition) is 7. The molecule has 2 heterocycles. The van der Waals surface area contributed by atoms with Gasteiger partial charge in [0.1, 0.15) is 10.9 Å². The number of methoxy groups -OCH3 is 2. The second kappa shape index (κ2) is 6.85. The van der Waals surface area contributed by atoms with Gasteiger partial charge >= 0.3 is 11.9 Å². The Bertz CT molecular complexity index is 710. The largest absolute Gasteiger partial charge is 0.494 e. The molecule has 1 fully saturated rings. The van der Waals surface area contributed by atoms with Crippen LogP contribution >= 0.6 is 11.3 Å². The summed E-state index contributed by atoms with van der Waals surface area (Å²) in [5.41, 5.74) is 0. The van der Waals surface area contributed by atoms with Crippen LogP contribution in [0.2, 0.25) is 0 Å². The van der Waals surface area contributed by atoms with E-state index in [0.717, 1.165) is 4.31 Å². The van der Waals surface area contributed by atoms with Gasteiger partial charge in [-0.2, -0.15) is 4.31 Å². The van der Waals surface area contributed by atoms with Gasteiger partial charge in [0.25, 0.3) is 10.0 Å². The van der Waals surface area contributed by atoms with E-state index >= 15 is 0 Å². The van der Waals surface area contributed by atoms with Crippen molar-refractivity contribution in [1.29, 1.82) is 0 Å². The van der Waals surface area contributed by atoms with Gasteiger partial charge in [-0.15, -0.1) is 11.3 Å². The van der Waals surface area contributed by atoms with Crippen LogP contribution in [-0.4, -0.2) is 56.6 Å². The van der Waals surface area contributed by atoms with Crippen molar-refractivity contribution in [3.63, 3.8) is 0 Å². The third-order valence-corrected chi connectivity index (χ3v) is 7.05. The summed E-state index contributed by atoms with van der Waals surface area (Å²) in [7, 11) is -1.61. The highest BCUT2D eigenvalue weighted by molar-refractivity contribution is 7.91. The first-order valence-corrected chi connectivity index (χ1v) is 9.09. The number of hydrogen-bond donors (Lipinski definition) is 1. The van der Waals surface area contributed by atoms with E-state index in [0.29, 0.717) is 24.2 Å². The van der Waals surface area contributed by atoms with Crippen molar-refractivity contribution in [3.05, 3.63) is 10.9 Å². The van der Waals surface area contributed by atoms with Gasteiger partial charge in [0, 0.05) is 12.6 Å². The predicted molar refractivity (Wildman–Crippen MR) is 81.4 cm³/mol. The topological polar surface area (TPSA) is 110 Å². The van der Waals surface area contributed by atoms with Crippen LogP contribution in [0.5, 0.6) is 5.75 Å². The molecular weight excluding hydrogens is 346 g/mol. The Hall–Kier alpha value is -1.65. The van der Waals surface area contributed by atoms with Crippen molar-refractivity contribution in [2.75, 3.05) is 20.8 Å². The smallest absolute Gasteiger partial charge is 0.348 e. The maximum atomic E-state index is 12.8. The molecule has 1 aliphatic rings. The van der Waals surface area contributed by atoms with Crippen molar-refractivity contribution in [1.82, 2.24) is 4.31 Å². The molecule has 1 N–H and O–H groups in total. The van der Waals surface area contributed by atoms with E-state index in [2.05, 4.69) is 4.74 Å². The van der Waals surface area contributed by atoms with Crippen LogP contribution in [-0.2, 0) is 19.6 Å². The Morgan fingerprint density at radius 3 is 2.61 bits per heavy atom. The Kier molecular flexibility index (Phi) is 5.27. The van der Waals surface area contributed by atoms with Crippen LogP contribution in [0.4, 0.5) is 0 Å². The van der Waals surface area contributed by atoms with Gasteiger partial charge in [0.2, 0.25) is 0 Å². The zero-order chi connectivity index (χ0) is 17.2. The van der Waals surface area contributed by atoms with Gasteiger partial charge < -0.3 is 14.6 Å². The normalized spacial score (nSPS) is 19.3. The number of esters is 1. The second-order valence-electron chi connectivity index (χ2n) is 4.92. The van der Waals surface area contributed by atoms with Crippen LogP contribution in [0, 0.1) is 0 Å². The van der Waals surface area contributed by atoms with Crippen LogP contribution in [0.25, 0.3) is 0 Å². The van der Waals surface area contributed by atoms with E-state index in [4.69, 9.17) is 4.74 Å². The molecule has 1 atom stereocenters. The van der Waals surface area contributed by atoms with E-state index in [9.17, 15) is 23.1 Å². The van der Waals surface area contributed by atoms with Crippen LogP contribution in [0.15, 0.2) is 10.3 Å². The highest BCUT2D eigenvalue weighted by Gasteiger charge is 2.40. The molecule has 0 aromatic carbocycles. The van der Waals surface area contributed by atoms with Gasteiger partial charge in [-0.1, -0.05) is 0 Å². The molecular formula is C13H17NO7S2. The molecule has 8 nitrogen and oxygen atoms in total. The summed E-state index contributed by atoms with van der Waals surface area (Å²) in [4.78, 5) is 23.0. The van der Waals surface area contributed by atoms with Gasteiger partial charge in [-0.05, 0) is 19.3 Å². The lowest BCUT2D eigenvalue weighted by Gasteiger charge is -2.31. The molecule has 1 unspecified atom stereocenters. The number of carbonyl (C=O) groups excluding carboxylic acids is 1. The minimum Gasteiger partial charge on any atom is -0.494 e. The van der Waals surface area contributed by atoms with Crippen molar-refractivity contribution < 1.29 is 32.6 Å². The molecule has 2 rings (SSSR count). The zero-order valence-electron chi connectivity index (χ0n) is 12.6. The summed E-state index contributed by atoms with van der Waals surface area (Å²) in [5, 5.41) is 9.27. The van der Waals surface area contributed by atoms with Crippen molar-refractivity contribution >= 4 is 33.3 Å². The summed E-state index contributed by atoms with van der Waals surface area (Å²) in [6.07, 6.45) is 1.49. The number of thiophene rings is 1. The number of carboxylic acids is 1. The van der Waals surface area contributed by atoms with E-state index in [1.54, 1.807) is 0 Å². The molecule has 1 aromatic rings. The number of carboxylic acid groups (broad SMARTS) is 1. The van der Waals surface area contributed by atoms with Crippen molar-refractivity contribution in [2.45, 2.75) is 29.5 Å². The zero-order valence-corrected chi connectivity index (χ0v) is 14.3. The fourth-order valence-corrected chi connectivity index (χ4v) is 5.69. The first-order chi connectivity index (χ1) is 10.8. The lowest BCUT2D eigenvalue weighted by molar-refractivity contribution is -0.142. The Morgan fingerprint density at radius 1 is 1.35 bits per heavy atom. The van der Waals surface area contributed by atoms with Gasteiger partial charge in [0.15, 0.2) is 9.96 Å². The molecule has 1 aromatic heterocycles. The number of aliphatic carboxylic acids is 1. The lowest BCUT2D eigenvalue weighted by Crippen LogP contribution is -2.47. The fourth-order valence-electron chi connectivity index (χ4n) is 2.43. The van der Waals surface area contributed by atoms with E-state index in [1.165, 1.54) is 20.3 Å². The first kappa shape index (κ1) is 17.7. The molecule has 1 aliphatic heterocycles. The standard InChI is InChI=1S/C13H17NO7S2/c1-20-9-7-10(12(17)21-2)22-13(9)23(18,19)14-6-4-3-5-8(14)11(15)16/h7-8H,3-6H2,1-2H3,(H,15,16). The highest BCUT2D eigenvalue weighted by atomic mass is 32.2. The number of rotatable bonds is 5. The fraction of sp³-hybridized carbons (Fsp3) is 0.538. The molecule has 0 saturated carbocycles. The second-order valence-corrected chi connectivity index (χ2v) is 8.06. The molecule has 10 heteroatoms. The van der Waals surface area contributed by atoms with Crippen molar-refractivity contribution in [3.8, 4) is 5.75 Å². The van der Waals surface area contributed by atoms with Crippen LogP contribution in [0.3, 0.4) is 0 Å². The maximum absolute atomic E-state index is 12.8. The predicted octanol–water partition coefficient (Wildman–Crippen LogP) is 1.17. The summed E-state index contributed by atoms with van der Waals surface area (Å²) in [5.74, 6) is -1.86. The summed E-state index contributed by atoms with van der Waals surface area (Å²) >= 11 is 0.709. The van der Waals surface area contributed by atoms with Crippen LogP contribution in [0.1, 0.15) is 28.9 Å². The molecule has 1 saturated heterocycles. The molecule has 128 valence electrons. The molecule has 23 heavy (non-hydrogen) atoms. The Labute approximate surface area is 137 Å². The summed E-state index contributed by atoms with van der Waals surface area (Å²) in [6.45, 7) is 0.119.